The minimum atomic E-state index is 0.279. The molecule has 26 heavy (non-hydrogen) atoms. The second-order valence-electron chi connectivity index (χ2n) is 7.99. The molecule has 2 fully saturated rings. The Morgan fingerprint density at radius 3 is 2.23 bits per heavy atom. The molecule has 140 valence electrons. The van der Waals surface area contributed by atoms with E-state index in [1.54, 1.807) is 0 Å². The maximum atomic E-state index is 5.41. The molecule has 1 aliphatic carbocycles. The standard InChI is InChI=1S/C20H29N5O/c1-12(2)19-21-18(17-14(4)23-26-15(17)5)13(3)20(22-19)25-10-8-24(9-11-25)16-6-7-16/h12,16H,6-11H2,1-5H3. The van der Waals surface area contributed by atoms with Crippen molar-refractivity contribution in [1.82, 2.24) is 20.0 Å². The van der Waals surface area contributed by atoms with E-state index in [1.165, 1.54) is 12.8 Å². The zero-order chi connectivity index (χ0) is 18.4. The quantitative estimate of drug-likeness (QED) is 0.837. The molecule has 1 saturated heterocycles. The van der Waals surface area contributed by atoms with Crippen molar-refractivity contribution in [3.8, 4) is 11.3 Å². The molecule has 3 heterocycles. The van der Waals surface area contributed by atoms with E-state index in [2.05, 4.69) is 35.7 Å². The van der Waals surface area contributed by atoms with Gasteiger partial charge in [0.15, 0.2) is 0 Å². The van der Waals surface area contributed by atoms with E-state index in [4.69, 9.17) is 14.5 Å². The summed E-state index contributed by atoms with van der Waals surface area (Å²) in [6, 6.07) is 0.840. The molecule has 0 bridgehead atoms. The first-order valence-corrected chi connectivity index (χ1v) is 9.76. The minimum Gasteiger partial charge on any atom is -0.361 e. The van der Waals surface area contributed by atoms with Crippen LogP contribution in [-0.4, -0.2) is 52.2 Å². The van der Waals surface area contributed by atoms with Crippen molar-refractivity contribution in [1.29, 1.82) is 0 Å². The number of rotatable bonds is 4. The number of aromatic nitrogens is 3. The molecular weight excluding hydrogens is 326 g/mol. The molecule has 0 spiro atoms. The molecule has 4 rings (SSSR count). The fourth-order valence-electron chi connectivity index (χ4n) is 3.89. The third-order valence-electron chi connectivity index (χ3n) is 5.60. The zero-order valence-corrected chi connectivity index (χ0v) is 16.5. The van der Waals surface area contributed by atoms with E-state index in [9.17, 15) is 0 Å². The molecule has 0 N–H and O–H groups in total. The molecule has 1 aliphatic heterocycles. The van der Waals surface area contributed by atoms with Crippen LogP contribution in [0.4, 0.5) is 5.82 Å². The van der Waals surface area contributed by atoms with Gasteiger partial charge in [0.2, 0.25) is 0 Å². The highest BCUT2D eigenvalue weighted by molar-refractivity contribution is 5.71. The lowest BCUT2D eigenvalue weighted by Gasteiger charge is -2.36. The summed E-state index contributed by atoms with van der Waals surface area (Å²) in [5.41, 5.74) is 4.01. The summed E-state index contributed by atoms with van der Waals surface area (Å²) in [5, 5.41) is 4.13. The van der Waals surface area contributed by atoms with Gasteiger partial charge in [-0.05, 0) is 33.6 Å². The molecule has 1 saturated carbocycles. The summed E-state index contributed by atoms with van der Waals surface area (Å²) in [6.07, 6.45) is 2.75. The van der Waals surface area contributed by atoms with Crippen LogP contribution < -0.4 is 4.90 Å². The monoisotopic (exact) mass is 355 g/mol. The van der Waals surface area contributed by atoms with Gasteiger partial charge in [0.1, 0.15) is 17.4 Å². The third kappa shape index (κ3) is 3.11. The zero-order valence-electron chi connectivity index (χ0n) is 16.5. The van der Waals surface area contributed by atoms with Gasteiger partial charge >= 0.3 is 0 Å². The molecule has 0 unspecified atom stereocenters. The Balaban J connectivity index is 1.72. The molecule has 2 aromatic rings. The average molecular weight is 355 g/mol. The molecule has 0 aromatic carbocycles. The van der Waals surface area contributed by atoms with Gasteiger partial charge in [-0.3, -0.25) is 4.90 Å². The highest BCUT2D eigenvalue weighted by Gasteiger charge is 2.32. The molecule has 2 aliphatic rings. The number of aryl methyl sites for hydroxylation is 2. The topological polar surface area (TPSA) is 58.3 Å². The smallest absolute Gasteiger partial charge is 0.143 e. The summed E-state index contributed by atoms with van der Waals surface area (Å²) in [5.74, 6) is 3.07. The summed E-state index contributed by atoms with van der Waals surface area (Å²) >= 11 is 0. The third-order valence-corrected chi connectivity index (χ3v) is 5.60. The predicted octanol–water partition coefficient (Wildman–Crippen LogP) is 3.46. The molecule has 2 aromatic heterocycles. The number of anilines is 1. The van der Waals surface area contributed by atoms with Crippen LogP contribution in [0.25, 0.3) is 11.3 Å². The average Bonchev–Trinajstić information content (AvgIpc) is 3.42. The number of piperazine rings is 1. The Kier molecular flexibility index (Phi) is 4.47. The Bertz CT molecular complexity index is 781. The van der Waals surface area contributed by atoms with Crippen molar-refractivity contribution < 1.29 is 4.52 Å². The maximum Gasteiger partial charge on any atom is 0.143 e. The summed E-state index contributed by atoms with van der Waals surface area (Å²) in [7, 11) is 0. The predicted molar refractivity (Wildman–Crippen MR) is 103 cm³/mol. The lowest BCUT2D eigenvalue weighted by Crippen LogP contribution is -2.47. The Hall–Kier alpha value is -1.95. The van der Waals surface area contributed by atoms with Gasteiger partial charge in [-0.2, -0.15) is 0 Å². The van der Waals surface area contributed by atoms with Gasteiger partial charge in [-0.1, -0.05) is 19.0 Å². The van der Waals surface area contributed by atoms with Crippen LogP contribution in [-0.2, 0) is 0 Å². The first kappa shape index (κ1) is 17.5. The largest absolute Gasteiger partial charge is 0.361 e. The van der Waals surface area contributed by atoms with Crippen LogP contribution in [0.3, 0.4) is 0 Å². The fraction of sp³-hybridized carbons (Fsp3) is 0.650. The SMILES string of the molecule is Cc1noc(C)c1-c1nc(C(C)C)nc(N2CCN(C3CC3)CC2)c1C. The highest BCUT2D eigenvalue weighted by atomic mass is 16.5. The first-order chi connectivity index (χ1) is 12.5. The van der Waals surface area contributed by atoms with Crippen molar-refractivity contribution >= 4 is 5.82 Å². The lowest BCUT2D eigenvalue weighted by atomic mass is 10.0. The van der Waals surface area contributed by atoms with Gasteiger partial charge < -0.3 is 9.42 Å². The Morgan fingerprint density at radius 1 is 1.00 bits per heavy atom. The van der Waals surface area contributed by atoms with E-state index in [0.29, 0.717) is 0 Å². The maximum absolute atomic E-state index is 5.41. The van der Waals surface area contributed by atoms with Crippen molar-refractivity contribution in [2.24, 2.45) is 0 Å². The number of hydrogen-bond acceptors (Lipinski definition) is 6. The number of nitrogens with zero attached hydrogens (tertiary/aromatic N) is 5. The molecule has 6 nitrogen and oxygen atoms in total. The van der Waals surface area contributed by atoms with E-state index in [1.807, 2.05) is 13.8 Å². The summed E-state index contributed by atoms with van der Waals surface area (Å²) in [6.45, 7) is 14.7. The van der Waals surface area contributed by atoms with Gasteiger partial charge in [0.05, 0.1) is 17.0 Å². The van der Waals surface area contributed by atoms with Crippen LogP contribution in [0.5, 0.6) is 0 Å². The second-order valence-corrected chi connectivity index (χ2v) is 7.99. The number of hydrogen-bond donors (Lipinski definition) is 0. The van der Waals surface area contributed by atoms with Crippen LogP contribution in [0.1, 0.15) is 55.4 Å². The lowest BCUT2D eigenvalue weighted by molar-refractivity contribution is 0.247. The molecular formula is C20H29N5O. The van der Waals surface area contributed by atoms with Crippen molar-refractivity contribution in [3.63, 3.8) is 0 Å². The van der Waals surface area contributed by atoms with Gasteiger partial charge in [0, 0.05) is 43.7 Å². The molecule has 6 heteroatoms. The Labute approximate surface area is 155 Å². The van der Waals surface area contributed by atoms with E-state index in [0.717, 1.165) is 72.1 Å². The molecule has 0 amide bonds. The van der Waals surface area contributed by atoms with E-state index in [-0.39, 0.29) is 5.92 Å². The van der Waals surface area contributed by atoms with Crippen LogP contribution in [0.15, 0.2) is 4.52 Å². The van der Waals surface area contributed by atoms with Gasteiger partial charge in [-0.25, -0.2) is 9.97 Å². The van der Waals surface area contributed by atoms with Gasteiger partial charge in [0.25, 0.3) is 0 Å². The van der Waals surface area contributed by atoms with Crippen molar-refractivity contribution in [2.75, 3.05) is 31.1 Å². The first-order valence-electron chi connectivity index (χ1n) is 9.76. The highest BCUT2D eigenvalue weighted by Crippen LogP contribution is 2.34. The van der Waals surface area contributed by atoms with Crippen molar-refractivity contribution in [2.45, 2.75) is 59.4 Å². The second kappa shape index (κ2) is 6.65. The van der Waals surface area contributed by atoms with Crippen LogP contribution in [0, 0.1) is 20.8 Å². The van der Waals surface area contributed by atoms with E-state index >= 15 is 0 Å². The summed E-state index contributed by atoms with van der Waals surface area (Å²) < 4.78 is 5.41. The molecule has 0 radical (unpaired) electrons. The molecule has 0 atom stereocenters. The van der Waals surface area contributed by atoms with Gasteiger partial charge in [-0.15, -0.1) is 0 Å². The Morgan fingerprint density at radius 2 is 1.69 bits per heavy atom. The summed E-state index contributed by atoms with van der Waals surface area (Å²) in [4.78, 5) is 14.9. The minimum absolute atomic E-state index is 0.279. The van der Waals surface area contributed by atoms with Crippen molar-refractivity contribution in [3.05, 3.63) is 22.8 Å². The van der Waals surface area contributed by atoms with E-state index < -0.39 is 0 Å². The normalized spacial score (nSPS) is 18.8. The van der Waals surface area contributed by atoms with Crippen LogP contribution in [0.2, 0.25) is 0 Å². The fourth-order valence-corrected chi connectivity index (χ4v) is 3.89. The van der Waals surface area contributed by atoms with Crippen LogP contribution >= 0.6 is 0 Å².